The van der Waals surface area contributed by atoms with Gasteiger partial charge >= 0.3 is 0 Å². The average Bonchev–Trinajstić information content (AvgIpc) is 2.57. The Morgan fingerprint density at radius 1 is 1.22 bits per heavy atom. The Morgan fingerprint density at radius 2 is 1.78 bits per heavy atom. The molecule has 18 heavy (non-hydrogen) atoms. The van der Waals surface area contributed by atoms with Crippen LogP contribution in [0.5, 0.6) is 0 Å². The van der Waals surface area contributed by atoms with Crippen molar-refractivity contribution >= 4 is 24.2 Å². The van der Waals surface area contributed by atoms with Crippen molar-refractivity contribution in [1.29, 1.82) is 0 Å². The van der Waals surface area contributed by atoms with E-state index in [4.69, 9.17) is 5.73 Å². The van der Waals surface area contributed by atoms with Gasteiger partial charge in [0.05, 0.1) is 6.04 Å². The van der Waals surface area contributed by atoms with Crippen molar-refractivity contribution in [2.24, 2.45) is 5.73 Å². The maximum Gasteiger partial charge on any atom is 0.236 e. The van der Waals surface area contributed by atoms with Crippen LogP contribution in [-0.4, -0.2) is 42.4 Å². The Hall–Kier alpha value is -0.810. The second kappa shape index (κ2) is 9.16. The van der Waals surface area contributed by atoms with Crippen molar-refractivity contribution in [3.05, 3.63) is 0 Å². The molecular formula is C12H24ClN3O2. The lowest BCUT2D eigenvalue weighted by atomic mass is 10.2. The van der Waals surface area contributed by atoms with E-state index in [-0.39, 0.29) is 24.2 Å². The second-order valence-corrected chi connectivity index (χ2v) is 4.62. The first kappa shape index (κ1) is 17.2. The number of nitrogens with two attached hydrogens (primary N) is 1. The van der Waals surface area contributed by atoms with Crippen LogP contribution in [0.25, 0.3) is 0 Å². The monoisotopic (exact) mass is 277 g/mol. The molecule has 1 atom stereocenters. The van der Waals surface area contributed by atoms with Gasteiger partial charge in [0.25, 0.3) is 0 Å². The normalized spacial score (nSPS) is 17.3. The lowest BCUT2D eigenvalue weighted by Gasteiger charge is -2.20. The maximum atomic E-state index is 11.8. The van der Waals surface area contributed by atoms with Crippen LogP contribution in [0.1, 0.15) is 39.0 Å². The van der Waals surface area contributed by atoms with Crippen molar-refractivity contribution in [2.75, 3.05) is 19.6 Å². The van der Waals surface area contributed by atoms with Crippen molar-refractivity contribution in [3.8, 4) is 0 Å². The van der Waals surface area contributed by atoms with E-state index in [2.05, 4.69) is 5.32 Å². The molecule has 2 amide bonds. The molecule has 6 heteroatoms. The third kappa shape index (κ3) is 6.21. The second-order valence-electron chi connectivity index (χ2n) is 4.62. The van der Waals surface area contributed by atoms with Crippen LogP contribution in [-0.2, 0) is 9.59 Å². The Kier molecular flexibility index (Phi) is 8.75. The number of nitrogens with one attached hydrogen (secondary N) is 1. The largest absolute Gasteiger partial charge is 0.354 e. The lowest BCUT2D eigenvalue weighted by molar-refractivity contribution is -0.131. The van der Waals surface area contributed by atoms with Gasteiger partial charge < -0.3 is 16.0 Å². The van der Waals surface area contributed by atoms with Gasteiger partial charge in [-0.15, -0.1) is 12.4 Å². The number of likely N-dealkylation sites (tertiary alicyclic amines) is 1. The summed E-state index contributed by atoms with van der Waals surface area (Å²) in [6.45, 7) is 3.74. The molecule has 1 saturated heterocycles. The molecular weight excluding hydrogens is 254 g/mol. The van der Waals surface area contributed by atoms with Gasteiger partial charge in [0.2, 0.25) is 11.8 Å². The maximum absolute atomic E-state index is 11.8. The minimum atomic E-state index is -0.511. The molecule has 1 aliphatic heterocycles. The third-order valence-electron chi connectivity index (χ3n) is 3.01. The van der Waals surface area contributed by atoms with Crippen LogP contribution in [0.2, 0.25) is 0 Å². The van der Waals surface area contributed by atoms with Crippen molar-refractivity contribution < 1.29 is 9.59 Å². The summed E-state index contributed by atoms with van der Waals surface area (Å²) in [6, 6.07) is -0.511. The van der Waals surface area contributed by atoms with Crippen molar-refractivity contribution in [2.45, 2.75) is 45.1 Å². The summed E-state index contributed by atoms with van der Waals surface area (Å²) in [5, 5.41) is 2.66. The van der Waals surface area contributed by atoms with Crippen LogP contribution in [0, 0.1) is 0 Å². The van der Waals surface area contributed by atoms with Gasteiger partial charge in [-0.05, 0) is 19.8 Å². The predicted molar refractivity (Wildman–Crippen MR) is 73.6 cm³/mol. The molecule has 1 heterocycles. The summed E-state index contributed by atoms with van der Waals surface area (Å²) in [4.78, 5) is 24.9. The molecule has 0 saturated carbocycles. The first-order valence-corrected chi connectivity index (χ1v) is 6.42. The van der Waals surface area contributed by atoms with E-state index in [9.17, 15) is 9.59 Å². The highest BCUT2D eigenvalue weighted by Crippen LogP contribution is 2.10. The zero-order chi connectivity index (χ0) is 12.7. The molecule has 0 radical (unpaired) electrons. The zero-order valence-electron chi connectivity index (χ0n) is 11.0. The van der Waals surface area contributed by atoms with Crippen LogP contribution >= 0.6 is 12.4 Å². The van der Waals surface area contributed by atoms with Crippen molar-refractivity contribution in [3.63, 3.8) is 0 Å². The van der Waals surface area contributed by atoms with Gasteiger partial charge in [0.1, 0.15) is 0 Å². The molecule has 106 valence electrons. The standard InChI is InChI=1S/C12H23N3O2.ClH/c1-10(13)12(17)14-7-6-11(16)15-8-4-2-3-5-9-15;/h10H,2-9,13H2,1H3,(H,14,17);1H/t10-;/m0./s1. The third-order valence-corrected chi connectivity index (χ3v) is 3.01. The molecule has 1 aliphatic rings. The SMILES string of the molecule is C[C@H](N)C(=O)NCCC(=O)N1CCCCCC1.Cl. The molecule has 0 aromatic rings. The van der Waals surface area contributed by atoms with Crippen LogP contribution in [0.15, 0.2) is 0 Å². The molecule has 0 bridgehead atoms. The summed E-state index contributed by atoms with van der Waals surface area (Å²) >= 11 is 0. The summed E-state index contributed by atoms with van der Waals surface area (Å²) < 4.78 is 0. The molecule has 3 N–H and O–H groups in total. The van der Waals surface area contributed by atoms with E-state index < -0.39 is 6.04 Å². The van der Waals surface area contributed by atoms with Gasteiger partial charge in [-0.25, -0.2) is 0 Å². The Bertz CT molecular complexity index is 264. The number of hydrogen-bond donors (Lipinski definition) is 2. The number of halogens is 1. The van der Waals surface area contributed by atoms with Gasteiger partial charge in [0, 0.05) is 26.1 Å². The number of hydrogen-bond acceptors (Lipinski definition) is 3. The number of amides is 2. The van der Waals surface area contributed by atoms with E-state index in [1.165, 1.54) is 12.8 Å². The fourth-order valence-electron chi connectivity index (χ4n) is 1.93. The van der Waals surface area contributed by atoms with E-state index in [1.54, 1.807) is 6.92 Å². The van der Waals surface area contributed by atoms with Gasteiger partial charge in [-0.2, -0.15) is 0 Å². The number of carbonyl (C=O) groups is 2. The molecule has 0 unspecified atom stereocenters. The molecule has 1 fully saturated rings. The fraction of sp³-hybridized carbons (Fsp3) is 0.833. The van der Waals surface area contributed by atoms with E-state index in [0.717, 1.165) is 25.9 Å². The lowest BCUT2D eigenvalue weighted by Crippen LogP contribution is -2.40. The van der Waals surface area contributed by atoms with Gasteiger partial charge in [-0.1, -0.05) is 12.8 Å². The number of rotatable bonds is 4. The topological polar surface area (TPSA) is 75.4 Å². The molecule has 1 rings (SSSR count). The van der Waals surface area contributed by atoms with Gasteiger partial charge in [-0.3, -0.25) is 9.59 Å². The smallest absolute Gasteiger partial charge is 0.236 e. The molecule has 0 spiro atoms. The first-order valence-electron chi connectivity index (χ1n) is 6.42. The summed E-state index contributed by atoms with van der Waals surface area (Å²) in [7, 11) is 0. The Morgan fingerprint density at radius 3 is 2.28 bits per heavy atom. The summed E-state index contributed by atoms with van der Waals surface area (Å²) in [5.41, 5.74) is 5.41. The first-order chi connectivity index (χ1) is 8.11. The minimum absolute atomic E-state index is 0. The zero-order valence-corrected chi connectivity index (χ0v) is 11.8. The Labute approximate surface area is 115 Å². The minimum Gasteiger partial charge on any atom is -0.354 e. The van der Waals surface area contributed by atoms with E-state index in [0.29, 0.717) is 13.0 Å². The Balaban J connectivity index is 0.00000289. The number of nitrogens with zero attached hydrogens (tertiary/aromatic N) is 1. The average molecular weight is 278 g/mol. The fourth-order valence-corrected chi connectivity index (χ4v) is 1.93. The predicted octanol–water partition coefficient (Wildman–Crippen LogP) is 0.664. The molecule has 0 aromatic carbocycles. The molecule has 5 nitrogen and oxygen atoms in total. The highest BCUT2D eigenvalue weighted by atomic mass is 35.5. The van der Waals surface area contributed by atoms with Crippen LogP contribution < -0.4 is 11.1 Å². The van der Waals surface area contributed by atoms with Crippen LogP contribution in [0.3, 0.4) is 0 Å². The highest BCUT2D eigenvalue weighted by Gasteiger charge is 2.15. The van der Waals surface area contributed by atoms with Crippen LogP contribution in [0.4, 0.5) is 0 Å². The number of carbonyl (C=O) groups excluding carboxylic acids is 2. The summed E-state index contributed by atoms with van der Waals surface area (Å²) in [6.07, 6.45) is 4.99. The summed E-state index contributed by atoms with van der Waals surface area (Å²) in [5.74, 6) is -0.0643. The highest BCUT2D eigenvalue weighted by molar-refractivity contribution is 5.85. The van der Waals surface area contributed by atoms with Gasteiger partial charge in [0.15, 0.2) is 0 Å². The molecule has 0 aromatic heterocycles. The van der Waals surface area contributed by atoms with Crippen molar-refractivity contribution in [1.82, 2.24) is 10.2 Å². The molecule has 0 aliphatic carbocycles. The van der Waals surface area contributed by atoms with E-state index >= 15 is 0 Å². The van der Waals surface area contributed by atoms with E-state index in [1.807, 2.05) is 4.90 Å². The quantitative estimate of drug-likeness (QED) is 0.793.